The van der Waals surface area contributed by atoms with E-state index in [4.69, 9.17) is 9.31 Å². The fourth-order valence-electron chi connectivity index (χ4n) is 7.53. The Balaban J connectivity index is 1.36. The molecule has 1 aliphatic heterocycles. The molecular formula is C48H43BO2Si. The van der Waals surface area contributed by atoms with Gasteiger partial charge in [-0.05, 0) is 87.3 Å². The highest BCUT2D eigenvalue weighted by Gasteiger charge is 2.52. The molecule has 0 aromatic heterocycles. The Labute approximate surface area is 309 Å². The fraction of sp³-hybridized carbons (Fsp3) is 0.125. The summed E-state index contributed by atoms with van der Waals surface area (Å²) in [6, 6.07) is 68.9. The first-order chi connectivity index (χ1) is 25.2. The summed E-state index contributed by atoms with van der Waals surface area (Å²) in [6.07, 6.45) is 0. The summed E-state index contributed by atoms with van der Waals surface area (Å²) in [5.74, 6) is 0. The predicted molar refractivity (Wildman–Crippen MR) is 222 cm³/mol. The Bertz CT molecular complexity index is 2050. The maximum atomic E-state index is 6.62. The van der Waals surface area contributed by atoms with Crippen molar-refractivity contribution in [2.75, 3.05) is 0 Å². The van der Waals surface area contributed by atoms with Gasteiger partial charge in [-0.3, -0.25) is 0 Å². The molecule has 7 aromatic rings. The molecule has 1 fully saturated rings. The second kappa shape index (κ2) is 13.7. The lowest BCUT2D eigenvalue weighted by Crippen LogP contribution is -2.75. The van der Waals surface area contributed by atoms with Crippen LogP contribution in [0.4, 0.5) is 0 Å². The molecule has 8 rings (SSSR count). The van der Waals surface area contributed by atoms with E-state index in [-0.39, 0.29) is 0 Å². The van der Waals surface area contributed by atoms with E-state index in [1.165, 1.54) is 54.1 Å². The summed E-state index contributed by atoms with van der Waals surface area (Å²) in [5.41, 5.74) is 7.42. The van der Waals surface area contributed by atoms with Crippen LogP contribution in [0, 0.1) is 0 Å². The second-order valence-electron chi connectivity index (χ2n) is 14.8. The van der Waals surface area contributed by atoms with Gasteiger partial charge in [-0.25, -0.2) is 0 Å². The Morgan fingerprint density at radius 1 is 0.346 bits per heavy atom. The molecule has 0 atom stereocenters. The predicted octanol–water partition coefficient (Wildman–Crippen LogP) is 8.36. The van der Waals surface area contributed by atoms with Gasteiger partial charge >= 0.3 is 7.12 Å². The van der Waals surface area contributed by atoms with E-state index in [0.717, 1.165) is 5.46 Å². The van der Waals surface area contributed by atoms with Crippen LogP contribution in [0.25, 0.3) is 33.4 Å². The third-order valence-electron chi connectivity index (χ3n) is 11.1. The average Bonchev–Trinajstić information content (AvgIpc) is 3.43. The number of hydrogen-bond acceptors (Lipinski definition) is 2. The normalized spacial score (nSPS) is 15.0. The van der Waals surface area contributed by atoms with Crippen molar-refractivity contribution in [3.05, 3.63) is 188 Å². The van der Waals surface area contributed by atoms with Gasteiger partial charge in [0.1, 0.15) is 0 Å². The van der Waals surface area contributed by atoms with E-state index in [1.54, 1.807) is 0 Å². The van der Waals surface area contributed by atoms with Gasteiger partial charge in [-0.2, -0.15) is 0 Å². The third-order valence-corrected chi connectivity index (χ3v) is 15.9. The largest absolute Gasteiger partial charge is 0.494 e. The van der Waals surface area contributed by atoms with E-state index in [2.05, 4.69) is 216 Å². The molecular weight excluding hydrogens is 647 g/mol. The van der Waals surface area contributed by atoms with Crippen LogP contribution in [-0.2, 0) is 9.31 Å². The van der Waals surface area contributed by atoms with Gasteiger partial charge in [0.15, 0.2) is 8.07 Å². The molecule has 0 spiro atoms. The molecule has 4 heteroatoms. The highest BCUT2D eigenvalue weighted by Crippen LogP contribution is 2.36. The molecule has 52 heavy (non-hydrogen) atoms. The van der Waals surface area contributed by atoms with Crippen LogP contribution < -0.4 is 26.2 Å². The summed E-state index contributed by atoms with van der Waals surface area (Å²) in [4.78, 5) is 0. The van der Waals surface area contributed by atoms with E-state index >= 15 is 0 Å². The zero-order valence-corrected chi connectivity index (χ0v) is 31.3. The number of hydrogen-bond donors (Lipinski definition) is 0. The lowest BCUT2D eigenvalue weighted by Gasteiger charge is -2.35. The van der Waals surface area contributed by atoms with Crippen molar-refractivity contribution in [2.45, 2.75) is 38.9 Å². The van der Waals surface area contributed by atoms with Gasteiger partial charge in [-0.15, -0.1) is 0 Å². The number of rotatable bonds is 8. The van der Waals surface area contributed by atoms with Crippen LogP contribution in [0.5, 0.6) is 0 Å². The van der Waals surface area contributed by atoms with Crippen LogP contribution in [-0.4, -0.2) is 26.4 Å². The summed E-state index contributed by atoms with van der Waals surface area (Å²) in [7, 11) is -3.40. The van der Waals surface area contributed by atoms with Crippen molar-refractivity contribution < 1.29 is 9.31 Å². The van der Waals surface area contributed by atoms with Crippen molar-refractivity contribution in [3.63, 3.8) is 0 Å². The molecule has 0 unspecified atom stereocenters. The van der Waals surface area contributed by atoms with Crippen molar-refractivity contribution in [1.82, 2.24) is 0 Å². The van der Waals surface area contributed by atoms with Gasteiger partial charge in [0.05, 0.1) is 11.2 Å². The molecule has 0 amide bonds. The highest BCUT2D eigenvalue weighted by atomic mass is 28.3. The fourth-order valence-corrected chi connectivity index (χ4v) is 12.3. The first-order valence-electron chi connectivity index (χ1n) is 18.2. The van der Waals surface area contributed by atoms with Crippen LogP contribution in [0.2, 0.25) is 0 Å². The summed E-state index contributed by atoms with van der Waals surface area (Å²) >= 11 is 0. The Kier molecular flexibility index (Phi) is 8.92. The van der Waals surface area contributed by atoms with Crippen molar-refractivity contribution in [2.24, 2.45) is 0 Å². The topological polar surface area (TPSA) is 18.5 Å². The Morgan fingerprint density at radius 3 is 1.02 bits per heavy atom. The van der Waals surface area contributed by atoms with E-state index in [1.807, 2.05) is 0 Å². The van der Waals surface area contributed by atoms with E-state index in [9.17, 15) is 0 Å². The van der Waals surface area contributed by atoms with Gasteiger partial charge in [0.2, 0.25) is 0 Å². The van der Waals surface area contributed by atoms with Crippen LogP contribution in [0.15, 0.2) is 188 Å². The second-order valence-corrected chi connectivity index (χ2v) is 18.6. The monoisotopic (exact) mass is 690 g/mol. The Morgan fingerprint density at radius 2 is 0.673 bits per heavy atom. The molecule has 254 valence electrons. The maximum absolute atomic E-state index is 6.62. The van der Waals surface area contributed by atoms with Crippen molar-refractivity contribution in [1.29, 1.82) is 0 Å². The molecule has 0 saturated carbocycles. The summed E-state index contributed by atoms with van der Waals surface area (Å²) in [6.45, 7) is 8.47. The lowest BCUT2D eigenvalue weighted by molar-refractivity contribution is 0.00578. The van der Waals surface area contributed by atoms with E-state index in [0.29, 0.717) is 0 Å². The van der Waals surface area contributed by atoms with Crippen LogP contribution in [0.3, 0.4) is 0 Å². The van der Waals surface area contributed by atoms with Crippen molar-refractivity contribution >= 4 is 41.4 Å². The zero-order valence-electron chi connectivity index (χ0n) is 30.3. The molecule has 1 saturated heterocycles. The standard InChI is InChI=1S/C48H43BO2Si/c1-47(2)48(3,4)51-49(50-47)42-21-14-22-46(35-42)52(43-29-23-39(24-30-43)36-15-8-5-9-16-36,44-31-25-40(26-32-44)37-17-10-6-11-18-37)45-33-27-41(28-34-45)38-19-12-7-13-20-38/h5-35H,1-4H3. The SMILES string of the molecule is CC1(C)OB(c2cccc([Si](c3ccc(-c4ccccc4)cc3)(c3ccc(-c4ccccc4)cc3)c3ccc(-c4ccccc4)cc3)c2)OC1(C)C. The quantitative estimate of drug-likeness (QED) is 0.118. The molecule has 7 aromatic carbocycles. The van der Waals surface area contributed by atoms with Gasteiger partial charge in [-0.1, -0.05) is 188 Å². The van der Waals surface area contributed by atoms with Gasteiger partial charge in [0, 0.05) is 0 Å². The minimum Gasteiger partial charge on any atom is -0.399 e. The minimum absolute atomic E-state index is 0.435. The number of benzene rings is 7. The third kappa shape index (κ3) is 6.18. The lowest BCUT2D eigenvalue weighted by atomic mass is 9.79. The molecule has 0 aliphatic carbocycles. The van der Waals surface area contributed by atoms with Gasteiger partial charge < -0.3 is 9.31 Å². The molecule has 0 bridgehead atoms. The van der Waals surface area contributed by atoms with Gasteiger partial charge in [0.25, 0.3) is 0 Å². The maximum Gasteiger partial charge on any atom is 0.494 e. The molecule has 0 radical (unpaired) electrons. The van der Waals surface area contributed by atoms with Crippen LogP contribution >= 0.6 is 0 Å². The van der Waals surface area contributed by atoms with Crippen LogP contribution in [0.1, 0.15) is 27.7 Å². The average molecular weight is 691 g/mol. The minimum atomic E-state index is -2.94. The van der Waals surface area contributed by atoms with Crippen molar-refractivity contribution in [3.8, 4) is 33.4 Å². The Hall–Kier alpha value is -5.26. The molecule has 1 aliphatic rings. The first-order valence-corrected chi connectivity index (χ1v) is 20.2. The zero-order chi connectivity index (χ0) is 35.8. The molecule has 2 nitrogen and oxygen atoms in total. The van der Waals surface area contributed by atoms with E-state index < -0.39 is 26.4 Å². The first kappa shape index (κ1) is 33.9. The smallest absolute Gasteiger partial charge is 0.399 e. The summed E-state index contributed by atoms with van der Waals surface area (Å²) in [5, 5.41) is 5.24. The molecule has 1 heterocycles. The summed E-state index contributed by atoms with van der Waals surface area (Å²) < 4.78 is 13.2. The highest BCUT2D eigenvalue weighted by molar-refractivity contribution is 7.20. The molecule has 0 N–H and O–H groups in total.